The van der Waals surface area contributed by atoms with Gasteiger partial charge in [-0.05, 0) is 66.1 Å². The molecule has 2 bridgehead atoms. The number of thioether (sulfide) groups is 1. The molecule has 3 aromatic rings. The normalized spacial score (nSPS) is 30.9. The van der Waals surface area contributed by atoms with Gasteiger partial charge < -0.3 is 9.64 Å². The highest BCUT2D eigenvalue weighted by Crippen LogP contribution is 2.69. The Morgan fingerprint density at radius 3 is 2.33 bits per heavy atom. The molecule has 222 valence electrons. The third-order valence-electron chi connectivity index (χ3n) is 9.92. The lowest BCUT2D eigenvalue weighted by Crippen LogP contribution is -2.44. The fourth-order valence-electron chi connectivity index (χ4n) is 8.19. The van der Waals surface area contributed by atoms with E-state index < -0.39 is 11.8 Å². The van der Waals surface area contributed by atoms with Crippen molar-refractivity contribution < 1.29 is 23.5 Å². The molecular weight excluding hydrogens is 613 g/mol. The van der Waals surface area contributed by atoms with Gasteiger partial charge in [0.05, 0.1) is 35.8 Å². The van der Waals surface area contributed by atoms with E-state index in [2.05, 4.69) is 0 Å². The predicted molar refractivity (Wildman–Crippen MR) is 160 cm³/mol. The lowest BCUT2D eigenvalue weighted by molar-refractivity contribution is -0.136. The van der Waals surface area contributed by atoms with E-state index in [-0.39, 0.29) is 63.9 Å². The highest BCUT2D eigenvalue weighted by molar-refractivity contribution is 8.00. The number of morpholine rings is 1. The van der Waals surface area contributed by atoms with Crippen LogP contribution in [0, 0.1) is 35.4 Å². The van der Waals surface area contributed by atoms with Crippen LogP contribution in [0.4, 0.5) is 10.1 Å². The summed E-state index contributed by atoms with van der Waals surface area (Å²) < 4.78 is 21.0. The Kier molecular flexibility index (Phi) is 6.59. The van der Waals surface area contributed by atoms with Gasteiger partial charge in [0, 0.05) is 34.2 Å². The molecule has 43 heavy (non-hydrogen) atoms. The molecule has 7 unspecified atom stereocenters. The summed E-state index contributed by atoms with van der Waals surface area (Å²) in [4.78, 5) is 58.2. The van der Waals surface area contributed by atoms with Crippen molar-refractivity contribution in [3.8, 4) is 0 Å². The number of fused-ring (bicyclic) bond motifs is 9. The smallest absolute Gasteiger partial charge is 0.308 e. The number of nitrogens with zero attached hydrogens (tertiary/aromatic N) is 3. The summed E-state index contributed by atoms with van der Waals surface area (Å²) in [5.41, 5.74) is 1.40. The molecule has 3 amide bonds. The first-order valence-corrected chi connectivity index (χ1v) is 16.5. The van der Waals surface area contributed by atoms with Crippen LogP contribution in [0.2, 0.25) is 5.02 Å². The highest BCUT2D eigenvalue weighted by atomic mass is 35.5. The van der Waals surface area contributed by atoms with Crippen LogP contribution in [0.3, 0.4) is 0 Å². The highest BCUT2D eigenvalue weighted by Gasteiger charge is 2.69. The van der Waals surface area contributed by atoms with Gasteiger partial charge in [-0.25, -0.2) is 4.39 Å². The van der Waals surface area contributed by atoms with Crippen LogP contribution in [-0.2, 0) is 25.7 Å². The van der Waals surface area contributed by atoms with Crippen molar-refractivity contribution in [3.05, 3.63) is 79.5 Å². The van der Waals surface area contributed by atoms with Crippen LogP contribution in [0.5, 0.6) is 0 Å². The molecule has 4 heterocycles. The molecule has 0 radical (unpaired) electrons. The van der Waals surface area contributed by atoms with Crippen LogP contribution in [0.25, 0.3) is 0 Å². The second kappa shape index (κ2) is 10.3. The molecule has 2 saturated heterocycles. The fourth-order valence-corrected chi connectivity index (χ4v) is 11.5. The van der Waals surface area contributed by atoms with E-state index in [1.807, 2.05) is 0 Å². The van der Waals surface area contributed by atoms with Crippen molar-refractivity contribution in [2.24, 2.45) is 29.6 Å². The molecule has 0 N–H and O–H groups in total. The van der Waals surface area contributed by atoms with Gasteiger partial charge in [-0.2, -0.15) is 0 Å². The van der Waals surface area contributed by atoms with Crippen LogP contribution in [-0.4, -0.2) is 58.7 Å². The summed E-state index contributed by atoms with van der Waals surface area (Å²) >= 11 is 8.80. The SMILES string of the molecule is O=C(Cn1c2c(sc1=O)C(c1ccc(F)cc1)C1C3CC(C1S2)C1C(=O)N(c2ccc(Cl)cc2)C(=O)C31)N1CCOCC1. The topological polar surface area (TPSA) is 88.9 Å². The maximum absolute atomic E-state index is 14.1. The Hall–Kier alpha value is -2.99. The number of halogens is 2. The van der Waals surface area contributed by atoms with Crippen LogP contribution in [0.1, 0.15) is 22.8 Å². The Morgan fingerprint density at radius 1 is 0.953 bits per heavy atom. The van der Waals surface area contributed by atoms with Crippen LogP contribution in [0.15, 0.2) is 58.4 Å². The molecule has 1 aromatic heterocycles. The first-order valence-electron chi connectivity index (χ1n) is 14.5. The Bertz CT molecular complexity index is 1700. The number of amides is 3. The summed E-state index contributed by atoms with van der Waals surface area (Å²) in [6, 6.07) is 13.1. The monoisotopic (exact) mass is 639 g/mol. The summed E-state index contributed by atoms with van der Waals surface area (Å²) in [5.74, 6) is -2.12. The number of imide groups is 1. The van der Waals surface area contributed by atoms with Gasteiger partial charge in [0.15, 0.2) is 0 Å². The largest absolute Gasteiger partial charge is 0.378 e. The molecule has 0 spiro atoms. The standard InChI is InChI=1S/C31H27ClFN3O5S2/c32-16-3-7-18(8-4-16)36-28(38)24-19-13-20(25(24)29(36)39)26-23(19)22(15-1-5-17(33)6-2-15)27-30(42-26)35(31(40)43-27)14-21(37)34-9-11-41-12-10-34/h1-8,19-20,22-26H,9-14H2. The zero-order valence-corrected chi connectivity index (χ0v) is 25.2. The first-order chi connectivity index (χ1) is 20.8. The first kappa shape index (κ1) is 27.6. The number of carbonyl (C=O) groups is 3. The number of hydrogen-bond donors (Lipinski definition) is 0. The van der Waals surface area contributed by atoms with Gasteiger partial charge in [0.1, 0.15) is 12.4 Å². The molecule has 12 heteroatoms. The molecule has 2 saturated carbocycles. The van der Waals surface area contributed by atoms with Gasteiger partial charge in [-0.1, -0.05) is 35.1 Å². The molecule has 7 atom stereocenters. The second-order valence-corrected chi connectivity index (χ2v) is 14.5. The van der Waals surface area contributed by atoms with E-state index in [1.165, 1.54) is 17.0 Å². The Morgan fingerprint density at radius 2 is 1.63 bits per heavy atom. The van der Waals surface area contributed by atoms with E-state index >= 15 is 0 Å². The fraction of sp³-hybridized carbons (Fsp3) is 0.419. The number of benzene rings is 2. The Labute approximate surface area is 259 Å². The van der Waals surface area contributed by atoms with Crippen molar-refractivity contribution in [3.63, 3.8) is 0 Å². The molecule has 3 aliphatic heterocycles. The number of rotatable bonds is 4. The number of ether oxygens (including phenoxy) is 1. The molecule has 2 aromatic carbocycles. The lowest BCUT2D eigenvalue weighted by atomic mass is 9.68. The summed E-state index contributed by atoms with van der Waals surface area (Å²) in [5, 5.41) is 1.24. The Balaban J connectivity index is 1.19. The van der Waals surface area contributed by atoms with E-state index in [0.29, 0.717) is 37.0 Å². The number of carbonyl (C=O) groups excluding carboxylic acids is 3. The zero-order valence-electron chi connectivity index (χ0n) is 22.9. The molecule has 2 aliphatic carbocycles. The van der Waals surface area contributed by atoms with Crippen molar-refractivity contribution in [2.45, 2.75) is 29.2 Å². The molecular formula is C31H27ClFN3O5S2. The number of hydrogen-bond acceptors (Lipinski definition) is 7. The zero-order chi connectivity index (χ0) is 29.6. The summed E-state index contributed by atoms with van der Waals surface area (Å²) in [7, 11) is 0. The third-order valence-corrected chi connectivity index (χ3v) is 13.0. The van der Waals surface area contributed by atoms with E-state index in [0.717, 1.165) is 33.2 Å². The van der Waals surface area contributed by atoms with E-state index in [9.17, 15) is 23.6 Å². The lowest BCUT2D eigenvalue weighted by Gasteiger charge is -2.43. The van der Waals surface area contributed by atoms with Crippen molar-refractivity contribution in [1.29, 1.82) is 0 Å². The average molecular weight is 640 g/mol. The van der Waals surface area contributed by atoms with Crippen molar-refractivity contribution in [1.82, 2.24) is 9.47 Å². The molecule has 5 aliphatic rings. The van der Waals surface area contributed by atoms with E-state index in [1.54, 1.807) is 57.6 Å². The van der Waals surface area contributed by atoms with Crippen molar-refractivity contribution in [2.75, 3.05) is 31.2 Å². The van der Waals surface area contributed by atoms with Gasteiger partial charge >= 0.3 is 4.87 Å². The minimum Gasteiger partial charge on any atom is -0.378 e. The molecule has 8 rings (SSSR count). The maximum atomic E-state index is 14.1. The number of thiazole rings is 1. The molecule has 8 nitrogen and oxygen atoms in total. The average Bonchev–Trinajstić information content (AvgIpc) is 3.73. The molecule has 4 fully saturated rings. The number of aromatic nitrogens is 1. The second-order valence-electron chi connectivity index (χ2n) is 11.9. The summed E-state index contributed by atoms with van der Waals surface area (Å²) in [6.07, 6.45) is 0.743. The third kappa shape index (κ3) is 4.18. The predicted octanol–water partition coefficient (Wildman–Crippen LogP) is 4.24. The minimum absolute atomic E-state index is 0.0161. The quantitative estimate of drug-likeness (QED) is 0.397. The van der Waals surface area contributed by atoms with E-state index in [4.69, 9.17) is 16.3 Å². The van der Waals surface area contributed by atoms with Gasteiger partial charge in [-0.15, -0.1) is 11.8 Å². The van der Waals surface area contributed by atoms with Gasteiger partial charge in [0.2, 0.25) is 17.7 Å². The van der Waals surface area contributed by atoms with Crippen molar-refractivity contribution >= 4 is 58.1 Å². The van der Waals surface area contributed by atoms with Crippen LogP contribution >= 0.6 is 34.7 Å². The van der Waals surface area contributed by atoms with Crippen LogP contribution < -0.4 is 9.77 Å². The summed E-state index contributed by atoms with van der Waals surface area (Å²) in [6.45, 7) is 1.86. The number of anilines is 1. The maximum Gasteiger partial charge on any atom is 0.308 e. The van der Waals surface area contributed by atoms with Gasteiger partial charge in [-0.3, -0.25) is 28.6 Å². The minimum atomic E-state index is -0.443. The van der Waals surface area contributed by atoms with Gasteiger partial charge in [0.25, 0.3) is 0 Å².